The van der Waals surface area contributed by atoms with Gasteiger partial charge in [-0.25, -0.2) is 4.98 Å². The maximum absolute atomic E-state index is 12.4. The molecule has 0 aliphatic carbocycles. The molecule has 0 saturated carbocycles. The fourth-order valence-electron chi connectivity index (χ4n) is 1.88. The highest BCUT2D eigenvalue weighted by Crippen LogP contribution is 2.35. The summed E-state index contributed by atoms with van der Waals surface area (Å²) in [5.74, 6) is 0.0758. The van der Waals surface area contributed by atoms with E-state index in [-0.39, 0.29) is 11.2 Å². The van der Waals surface area contributed by atoms with Crippen LogP contribution in [0.15, 0.2) is 47.9 Å². The number of benzene rings is 1. The predicted molar refractivity (Wildman–Crippen MR) is 81.6 cm³/mol. The molecule has 0 radical (unpaired) electrons. The van der Waals surface area contributed by atoms with Gasteiger partial charge in [0.25, 0.3) is 0 Å². The van der Waals surface area contributed by atoms with Crippen molar-refractivity contribution in [3.63, 3.8) is 0 Å². The Labute approximate surface area is 123 Å². The van der Waals surface area contributed by atoms with E-state index in [0.29, 0.717) is 0 Å². The number of hydrogen-bond acceptors (Lipinski definition) is 3. The Hall–Kier alpha value is -1.75. The van der Waals surface area contributed by atoms with Gasteiger partial charge in [-0.2, -0.15) is 0 Å². The second-order valence-electron chi connectivity index (χ2n) is 4.64. The summed E-state index contributed by atoms with van der Waals surface area (Å²) in [6, 6.07) is 9.84. The summed E-state index contributed by atoms with van der Waals surface area (Å²) in [6.07, 6.45) is 3.71. The van der Waals surface area contributed by atoms with Gasteiger partial charge < -0.3 is 9.47 Å². The van der Waals surface area contributed by atoms with Gasteiger partial charge >= 0.3 is 0 Å². The van der Waals surface area contributed by atoms with Crippen molar-refractivity contribution in [1.29, 1.82) is 0 Å². The zero-order chi connectivity index (χ0) is 14.5. The smallest absolute Gasteiger partial charge is 0.240 e. The fraction of sp³-hybridized carbons (Fsp3) is 0.333. The summed E-state index contributed by atoms with van der Waals surface area (Å²) < 4.78 is 2.05. The van der Waals surface area contributed by atoms with Crippen molar-refractivity contribution in [2.45, 2.75) is 23.9 Å². The Morgan fingerprint density at radius 3 is 2.65 bits per heavy atom. The Bertz CT molecular complexity index is 566. The molecule has 0 fully saturated rings. The van der Waals surface area contributed by atoms with Crippen LogP contribution in [0.3, 0.4) is 0 Å². The molecule has 1 aromatic heterocycles. The SMILES string of the molecule is CCn1ccnc1SC(C(=O)N(C)C)c1ccccc1. The van der Waals surface area contributed by atoms with Crippen LogP contribution in [0.25, 0.3) is 0 Å². The first-order chi connectivity index (χ1) is 9.63. The summed E-state index contributed by atoms with van der Waals surface area (Å²) in [4.78, 5) is 18.4. The van der Waals surface area contributed by atoms with Crippen molar-refractivity contribution in [2.75, 3.05) is 14.1 Å². The minimum absolute atomic E-state index is 0.0758. The molecular formula is C15H19N3OS. The van der Waals surface area contributed by atoms with E-state index in [1.54, 1.807) is 25.2 Å². The van der Waals surface area contributed by atoms with Crippen LogP contribution in [-0.4, -0.2) is 34.5 Å². The lowest BCUT2D eigenvalue weighted by Gasteiger charge is -2.20. The Balaban J connectivity index is 2.30. The zero-order valence-electron chi connectivity index (χ0n) is 12.0. The molecule has 0 bridgehead atoms. The molecule has 1 heterocycles. The van der Waals surface area contributed by atoms with E-state index >= 15 is 0 Å². The minimum Gasteiger partial charge on any atom is -0.348 e. The third-order valence-corrected chi connectivity index (χ3v) is 4.27. The first kappa shape index (κ1) is 14.7. The Morgan fingerprint density at radius 1 is 1.35 bits per heavy atom. The second kappa shape index (κ2) is 6.61. The van der Waals surface area contributed by atoms with Gasteiger partial charge in [-0.15, -0.1) is 0 Å². The molecule has 2 aromatic rings. The number of aryl methyl sites for hydroxylation is 1. The van der Waals surface area contributed by atoms with Crippen molar-refractivity contribution in [2.24, 2.45) is 0 Å². The van der Waals surface area contributed by atoms with E-state index < -0.39 is 0 Å². The van der Waals surface area contributed by atoms with E-state index in [4.69, 9.17) is 0 Å². The molecule has 4 nitrogen and oxygen atoms in total. The fourth-order valence-corrected chi connectivity index (χ4v) is 3.15. The molecule has 0 spiro atoms. The number of nitrogens with zero attached hydrogens (tertiary/aromatic N) is 3. The van der Waals surface area contributed by atoms with Gasteiger partial charge in [0.15, 0.2) is 5.16 Å². The van der Waals surface area contributed by atoms with Crippen LogP contribution in [-0.2, 0) is 11.3 Å². The molecule has 0 N–H and O–H groups in total. The third-order valence-electron chi connectivity index (χ3n) is 3.01. The molecule has 1 unspecified atom stereocenters. The van der Waals surface area contributed by atoms with E-state index in [9.17, 15) is 4.79 Å². The van der Waals surface area contributed by atoms with E-state index in [0.717, 1.165) is 17.3 Å². The quantitative estimate of drug-likeness (QED) is 0.794. The van der Waals surface area contributed by atoms with Gasteiger partial charge in [0, 0.05) is 33.0 Å². The monoisotopic (exact) mass is 289 g/mol. The van der Waals surface area contributed by atoms with Gasteiger partial charge in [-0.1, -0.05) is 42.1 Å². The van der Waals surface area contributed by atoms with E-state index in [2.05, 4.69) is 11.9 Å². The molecular weight excluding hydrogens is 270 g/mol. The van der Waals surface area contributed by atoms with Gasteiger partial charge in [-0.05, 0) is 12.5 Å². The maximum atomic E-state index is 12.4. The molecule has 5 heteroatoms. The minimum atomic E-state index is -0.265. The first-order valence-corrected chi connectivity index (χ1v) is 7.45. The zero-order valence-corrected chi connectivity index (χ0v) is 12.8. The largest absolute Gasteiger partial charge is 0.348 e. The van der Waals surface area contributed by atoms with Crippen molar-refractivity contribution >= 4 is 17.7 Å². The summed E-state index contributed by atoms with van der Waals surface area (Å²) in [7, 11) is 3.57. The summed E-state index contributed by atoms with van der Waals surface area (Å²) >= 11 is 1.50. The molecule has 0 aliphatic heterocycles. The Kier molecular flexibility index (Phi) is 4.84. The number of amides is 1. The third kappa shape index (κ3) is 3.22. The lowest BCUT2D eigenvalue weighted by molar-refractivity contribution is -0.128. The second-order valence-corrected chi connectivity index (χ2v) is 5.71. The number of imidazole rings is 1. The first-order valence-electron chi connectivity index (χ1n) is 6.57. The molecule has 1 atom stereocenters. The summed E-state index contributed by atoms with van der Waals surface area (Å²) in [5.41, 5.74) is 1.00. The summed E-state index contributed by atoms with van der Waals surface area (Å²) in [6.45, 7) is 2.91. The molecule has 20 heavy (non-hydrogen) atoms. The van der Waals surface area contributed by atoms with Crippen LogP contribution in [0.1, 0.15) is 17.7 Å². The molecule has 106 valence electrons. The number of rotatable bonds is 5. The van der Waals surface area contributed by atoms with Crippen LogP contribution >= 0.6 is 11.8 Å². The normalized spacial score (nSPS) is 12.2. The standard InChI is InChI=1S/C15H19N3OS/c1-4-18-11-10-16-15(18)20-13(14(19)17(2)3)12-8-6-5-7-9-12/h5-11,13H,4H2,1-3H3. The van der Waals surface area contributed by atoms with Crippen LogP contribution in [0, 0.1) is 0 Å². The van der Waals surface area contributed by atoms with Gasteiger partial charge in [-0.3, -0.25) is 4.79 Å². The van der Waals surface area contributed by atoms with Gasteiger partial charge in [0.05, 0.1) is 0 Å². The highest BCUT2D eigenvalue weighted by atomic mass is 32.2. The van der Waals surface area contributed by atoms with Crippen LogP contribution < -0.4 is 0 Å². The average Bonchev–Trinajstić information content (AvgIpc) is 2.92. The number of carbonyl (C=O) groups is 1. The molecule has 0 aliphatic rings. The van der Waals surface area contributed by atoms with Crippen LogP contribution in [0.5, 0.6) is 0 Å². The average molecular weight is 289 g/mol. The Morgan fingerprint density at radius 2 is 2.05 bits per heavy atom. The van der Waals surface area contributed by atoms with E-state index in [1.807, 2.05) is 41.1 Å². The lowest BCUT2D eigenvalue weighted by Crippen LogP contribution is -2.27. The topological polar surface area (TPSA) is 38.1 Å². The highest BCUT2D eigenvalue weighted by Gasteiger charge is 2.25. The van der Waals surface area contributed by atoms with Crippen molar-refractivity contribution in [3.05, 3.63) is 48.3 Å². The van der Waals surface area contributed by atoms with Gasteiger partial charge in [0.2, 0.25) is 5.91 Å². The number of hydrogen-bond donors (Lipinski definition) is 0. The summed E-state index contributed by atoms with van der Waals surface area (Å²) in [5, 5.41) is 0.607. The molecule has 1 amide bonds. The number of thioether (sulfide) groups is 1. The molecule has 1 aromatic carbocycles. The molecule has 0 saturated heterocycles. The van der Waals surface area contributed by atoms with Crippen molar-refractivity contribution in [1.82, 2.24) is 14.5 Å². The molecule has 2 rings (SSSR count). The van der Waals surface area contributed by atoms with Crippen molar-refractivity contribution in [3.8, 4) is 0 Å². The van der Waals surface area contributed by atoms with Crippen LogP contribution in [0.2, 0.25) is 0 Å². The highest BCUT2D eigenvalue weighted by molar-refractivity contribution is 8.00. The van der Waals surface area contributed by atoms with Crippen molar-refractivity contribution < 1.29 is 4.79 Å². The number of carbonyl (C=O) groups excluding carboxylic acids is 1. The lowest BCUT2D eigenvalue weighted by atomic mass is 10.1. The number of likely N-dealkylation sites (N-methyl/N-ethyl adjacent to an activating group) is 1. The maximum Gasteiger partial charge on any atom is 0.240 e. The van der Waals surface area contributed by atoms with Crippen LogP contribution in [0.4, 0.5) is 0 Å². The predicted octanol–water partition coefficient (Wildman–Crippen LogP) is 2.82. The van der Waals surface area contributed by atoms with Gasteiger partial charge in [0.1, 0.15) is 5.25 Å². The van der Waals surface area contributed by atoms with E-state index in [1.165, 1.54) is 11.8 Å². The number of aromatic nitrogens is 2.